The van der Waals surface area contributed by atoms with Crippen LogP contribution in [0.25, 0.3) is 0 Å². The molecule has 1 aliphatic heterocycles. The van der Waals surface area contributed by atoms with Gasteiger partial charge in [-0.3, -0.25) is 4.79 Å². The number of carbonyl (C=O) groups is 1. The molecule has 0 spiro atoms. The molecule has 1 heterocycles. The van der Waals surface area contributed by atoms with E-state index in [2.05, 4.69) is 36.1 Å². The first kappa shape index (κ1) is 13.7. The molecule has 0 atom stereocenters. The van der Waals surface area contributed by atoms with E-state index in [1.165, 1.54) is 29.8 Å². The summed E-state index contributed by atoms with van der Waals surface area (Å²) in [4.78, 5) is 16.0. The lowest BCUT2D eigenvalue weighted by Gasteiger charge is -2.21. The van der Waals surface area contributed by atoms with Crippen molar-refractivity contribution in [2.24, 2.45) is 5.92 Å². The molecule has 2 aliphatic rings. The monoisotopic (exact) mass is 287 g/mol. The van der Waals surface area contributed by atoms with E-state index in [0.29, 0.717) is 5.78 Å². The molecule has 0 unspecified atom stereocenters. The lowest BCUT2D eigenvalue weighted by atomic mass is 9.86. The number of thioether (sulfide) groups is 1. The van der Waals surface area contributed by atoms with Gasteiger partial charge in [0.15, 0.2) is 5.78 Å². The van der Waals surface area contributed by atoms with Crippen LogP contribution in [0.15, 0.2) is 40.3 Å². The van der Waals surface area contributed by atoms with Crippen molar-refractivity contribution in [3.63, 3.8) is 0 Å². The number of rotatable bonds is 3. The third-order valence-corrected chi connectivity index (χ3v) is 5.34. The minimum absolute atomic E-state index is 0.263. The summed E-state index contributed by atoms with van der Waals surface area (Å²) in [6, 6.07) is 8.39. The van der Waals surface area contributed by atoms with Crippen LogP contribution in [0, 0.1) is 5.92 Å². The van der Waals surface area contributed by atoms with Crippen LogP contribution in [0.3, 0.4) is 0 Å². The summed E-state index contributed by atoms with van der Waals surface area (Å²) in [5, 5.41) is 1.10. The van der Waals surface area contributed by atoms with Crippen molar-refractivity contribution in [2.45, 2.75) is 43.9 Å². The molecule has 1 aromatic rings. The topological polar surface area (TPSA) is 20.3 Å². The first-order chi connectivity index (χ1) is 9.79. The Balaban J connectivity index is 1.80. The minimum atomic E-state index is 0.263. The molecule has 0 N–H and O–H groups in total. The highest BCUT2D eigenvalue weighted by molar-refractivity contribution is 8.03. The average Bonchev–Trinajstić information content (AvgIpc) is 2.85. The van der Waals surface area contributed by atoms with Gasteiger partial charge in [0.1, 0.15) is 0 Å². The number of para-hydroxylation sites is 1. The van der Waals surface area contributed by atoms with Crippen molar-refractivity contribution in [3.8, 4) is 0 Å². The number of carbonyl (C=O) groups excluding carboxylic acids is 1. The Hall–Kier alpha value is -1.22. The van der Waals surface area contributed by atoms with E-state index in [1.807, 2.05) is 6.08 Å². The van der Waals surface area contributed by atoms with E-state index >= 15 is 0 Å². The molecule has 1 aliphatic carbocycles. The van der Waals surface area contributed by atoms with Crippen LogP contribution in [0.1, 0.15) is 39.0 Å². The Morgan fingerprint density at radius 3 is 2.80 bits per heavy atom. The van der Waals surface area contributed by atoms with Crippen molar-refractivity contribution in [3.05, 3.63) is 35.4 Å². The summed E-state index contributed by atoms with van der Waals surface area (Å²) in [5.41, 5.74) is 1.24. The molecule has 0 aromatic heterocycles. The lowest BCUT2D eigenvalue weighted by molar-refractivity contribution is -0.119. The van der Waals surface area contributed by atoms with E-state index in [-0.39, 0.29) is 5.92 Å². The second-order valence-corrected chi connectivity index (χ2v) is 6.60. The molecule has 20 heavy (non-hydrogen) atoms. The molecule has 2 nitrogen and oxygen atoms in total. The van der Waals surface area contributed by atoms with Crippen molar-refractivity contribution in [1.29, 1.82) is 0 Å². The van der Waals surface area contributed by atoms with Crippen molar-refractivity contribution < 1.29 is 4.79 Å². The largest absolute Gasteiger partial charge is 0.335 e. The summed E-state index contributed by atoms with van der Waals surface area (Å²) in [6.07, 6.45) is 7.76. The second-order valence-electron chi connectivity index (χ2n) is 5.53. The van der Waals surface area contributed by atoms with Gasteiger partial charge in [0.05, 0.1) is 10.7 Å². The number of allylic oxidation sites excluding steroid dienone is 1. The van der Waals surface area contributed by atoms with Crippen LogP contribution in [0.4, 0.5) is 5.69 Å². The van der Waals surface area contributed by atoms with Crippen LogP contribution in [-0.4, -0.2) is 12.3 Å². The van der Waals surface area contributed by atoms with Gasteiger partial charge in [-0.25, -0.2) is 0 Å². The lowest BCUT2D eigenvalue weighted by Crippen LogP contribution is -2.20. The first-order valence-corrected chi connectivity index (χ1v) is 8.41. The standard InChI is InChI=1S/C17H21NOS/c1-2-18-14-10-6-7-11-16(14)20-17(18)12-15(19)13-8-4-3-5-9-13/h6-7,10-13H,2-5,8-9H2,1H3. The zero-order chi connectivity index (χ0) is 13.9. The van der Waals surface area contributed by atoms with E-state index in [0.717, 1.165) is 24.4 Å². The first-order valence-electron chi connectivity index (χ1n) is 7.59. The van der Waals surface area contributed by atoms with Crippen LogP contribution in [0.5, 0.6) is 0 Å². The highest BCUT2D eigenvalue weighted by Crippen LogP contribution is 2.45. The van der Waals surface area contributed by atoms with Gasteiger partial charge in [0.2, 0.25) is 0 Å². The number of benzene rings is 1. The molecule has 0 amide bonds. The van der Waals surface area contributed by atoms with Crippen LogP contribution in [-0.2, 0) is 4.79 Å². The van der Waals surface area contributed by atoms with Crippen molar-refractivity contribution >= 4 is 23.2 Å². The van der Waals surface area contributed by atoms with Crippen molar-refractivity contribution in [2.75, 3.05) is 11.4 Å². The Kier molecular flexibility index (Phi) is 4.16. The fourth-order valence-electron chi connectivity index (χ4n) is 3.11. The van der Waals surface area contributed by atoms with Gasteiger partial charge < -0.3 is 4.90 Å². The number of fused-ring (bicyclic) bond motifs is 1. The maximum Gasteiger partial charge on any atom is 0.161 e. The average molecular weight is 287 g/mol. The Morgan fingerprint density at radius 2 is 2.05 bits per heavy atom. The van der Waals surface area contributed by atoms with Crippen LogP contribution >= 0.6 is 11.8 Å². The third-order valence-electron chi connectivity index (χ3n) is 4.23. The molecule has 106 valence electrons. The summed E-state index contributed by atoms with van der Waals surface area (Å²) in [7, 11) is 0. The molecule has 1 aromatic carbocycles. The Labute approximate surface area is 125 Å². The smallest absolute Gasteiger partial charge is 0.161 e. The van der Waals surface area contributed by atoms with Gasteiger partial charge in [-0.2, -0.15) is 0 Å². The Morgan fingerprint density at radius 1 is 1.30 bits per heavy atom. The van der Waals surface area contributed by atoms with E-state index in [4.69, 9.17) is 0 Å². The number of anilines is 1. The van der Waals surface area contributed by atoms with Gasteiger partial charge >= 0.3 is 0 Å². The highest BCUT2D eigenvalue weighted by Gasteiger charge is 2.26. The molecule has 3 heteroatoms. The van der Waals surface area contributed by atoms with E-state index in [9.17, 15) is 4.79 Å². The minimum Gasteiger partial charge on any atom is -0.335 e. The number of ketones is 1. The third kappa shape index (κ3) is 2.64. The molecule has 1 fully saturated rings. The van der Waals surface area contributed by atoms with Gasteiger partial charge in [0.25, 0.3) is 0 Å². The number of hydrogen-bond acceptors (Lipinski definition) is 3. The van der Waals surface area contributed by atoms with Crippen LogP contribution in [0.2, 0.25) is 0 Å². The zero-order valence-electron chi connectivity index (χ0n) is 12.0. The van der Waals surface area contributed by atoms with E-state index < -0.39 is 0 Å². The molecule has 0 saturated heterocycles. The molecular formula is C17H21NOS. The van der Waals surface area contributed by atoms with Gasteiger partial charge in [0, 0.05) is 23.4 Å². The molecule has 0 radical (unpaired) electrons. The second kappa shape index (κ2) is 6.04. The fraction of sp³-hybridized carbons (Fsp3) is 0.471. The normalized spacial score (nSPS) is 21.2. The predicted molar refractivity (Wildman–Crippen MR) is 85.0 cm³/mol. The maximum atomic E-state index is 12.5. The molecule has 1 saturated carbocycles. The van der Waals surface area contributed by atoms with Crippen molar-refractivity contribution in [1.82, 2.24) is 0 Å². The number of hydrogen-bond donors (Lipinski definition) is 0. The maximum absolute atomic E-state index is 12.5. The highest BCUT2D eigenvalue weighted by atomic mass is 32.2. The Bertz CT molecular complexity index is 532. The molecule has 0 bridgehead atoms. The summed E-state index contributed by atoms with van der Waals surface area (Å²) in [6.45, 7) is 3.05. The molecular weight excluding hydrogens is 266 g/mol. The summed E-state index contributed by atoms with van der Waals surface area (Å²) < 4.78 is 0. The zero-order valence-corrected chi connectivity index (χ0v) is 12.8. The fourth-order valence-corrected chi connectivity index (χ4v) is 4.28. The van der Waals surface area contributed by atoms with Crippen LogP contribution < -0.4 is 4.90 Å². The van der Waals surface area contributed by atoms with Gasteiger partial charge in [-0.15, -0.1) is 0 Å². The van der Waals surface area contributed by atoms with E-state index in [1.54, 1.807) is 11.8 Å². The summed E-state index contributed by atoms with van der Waals surface area (Å²) in [5.74, 6) is 0.595. The quantitative estimate of drug-likeness (QED) is 0.757. The van der Waals surface area contributed by atoms with Gasteiger partial charge in [-0.05, 0) is 31.9 Å². The number of nitrogens with zero attached hydrogens (tertiary/aromatic N) is 1. The summed E-state index contributed by atoms with van der Waals surface area (Å²) >= 11 is 1.73. The SMILES string of the molecule is CCN1C(=CC(=O)C2CCCCC2)Sc2ccccc21. The molecule has 3 rings (SSSR count). The predicted octanol–water partition coefficient (Wildman–Crippen LogP) is 4.61. The van der Waals surface area contributed by atoms with Gasteiger partial charge in [-0.1, -0.05) is 43.2 Å².